The summed E-state index contributed by atoms with van der Waals surface area (Å²) < 4.78 is 1.80. The summed E-state index contributed by atoms with van der Waals surface area (Å²) in [6.07, 6.45) is 1.97. The van der Waals surface area contributed by atoms with Crippen LogP contribution >= 0.6 is 0 Å². The molecule has 1 amide bonds. The maximum atomic E-state index is 10.7. The molecule has 2 aromatic heterocycles. The molecule has 8 heteroatoms. The molecule has 3 aromatic rings. The highest BCUT2D eigenvalue weighted by Gasteiger charge is 2.11. The van der Waals surface area contributed by atoms with Crippen molar-refractivity contribution in [1.29, 1.82) is 0 Å². The molecule has 22 heavy (non-hydrogen) atoms. The van der Waals surface area contributed by atoms with Crippen LogP contribution in [-0.4, -0.2) is 30.7 Å². The average molecular weight is 298 g/mol. The van der Waals surface area contributed by atoms with Gasteiger partial charge in [0.15, 0.2) is 17.0 Å². The van der Waals surface area contributed by atoms with Crippen LogP contribution in [0.2, 0.25) is 0 Å². The maximum Gasteiger partial charge on any atom is 0.405 e. The van der Waals surface area contributed by atoms with Gasteiger partial charge in [-0.3, -0.25) is 4.57 Å². The number of hydrogen-bond acceptors (Lipinski definition) is 5. The first-order valence-corrected chi connectivity index (χ1v) is 6.59. The lowest BCUT2D eigenvalue weighted by molar-refractivity contribution is 0.191. The minimum Gasteiger partial charge on any atom is -0.465 e. The lowest BCUT2D eigenvalue weighted by Crippen LogP contribution is -2.24. The molecule has 0 spiro atoms. The first-order chi connectivity index (χ1) is 10.6. The Morgan fingerprint density at radius 3 is 2.68 bits per heavy atom. The number of amides is 1. The summed E-state index contributed by atoms with van der Waals surface area (Å²) in [5.74, 6) is 0.333. The van der Waals surface area contributed by atoms with Crippen LogP contribution in [0.15, 0.2) is 36.9 Å². The summed E-state index contributed by atoms with van der Waals surface area (Å²) >= 11 is 0. The lowest BCUT2D eigenvalue weighted by atomic mass is 10.1. The Morgan fingerprint density at radius 2 is 2.00 bits per heavy atom. The van der Waals surface area contributed by atoms with Crippen molar-refractivity contribution in [2.75, 3.05) is 5.73 Å². The summed E-state index contributed by atoms with van der Waals surface area (Å²) in [7, 11) is 0. The fraction of sp³-hybridized carbons (Fsp3) is 0.143. The first-order valence-electron chi connectivity index (χ1n) is 6.59. The molecule has 0 unspecified atom stereocenters. The molecule has 1 aromatic carbocycles. The molecule has 0 radical (unpaired) electrons. The van der Waals surface area contributed by atoms with E-state index in [1.807, 2.05) is 24.3 Å². The van der Waals surface area contributed by atoms with Gasteiger partial charge in [-0.05, 0) is 24.6 Å². The number of aromatic nitrogens is 4. The van der Waals surface area contributed by atoms with Crippen molar-refractivity contribution in [3.05, 3.63) is 42.5 Å². The molecule has 112 valence electrons. The van der Waals surface area contributed by atoms with Crippen LogP contribution in [0.25, 0.3) is 16.9 Å². The third-order valence-corrected chi connectivity index (χ3v) is 3.37. The normalized spacial score (nSPS) is 12.2. The van der Waals surface area contributed by atoms with Crippen molar-refractivity contribution in [1.82, 2.24) is 24.8 Å². The van der Waals surface area contributed by atoms with Crippen LogP contribution in [-0.2, 0) is 0 Å². The number of fused-ring (bicyclic) bond motifs is 1. The van der Waals surface area contributed by atoms with Crippen LogP contribution in [0.3, 0.4) is 0 Å². The predicted molar refractivity (Wildman–Crippen MR) is 80.6 cm³/mol. The molecule has 0 aliphatic heterocycles. The van der Waals surface area contributed by atoms with E-state index < -0.39 is 6.09 Å². The molecule has 0 aliphatic carbocycles. The van der Waals surface area contributed by atoms with Gasteiger partial charge in [0.1, 0.15) is 12.7 Å². The number of nitrogen functional groups attached to an aromatic ring is 1. The SMILES string of the molecule is C[C@H](NC(=O)O)c1ccc(-n2cnc3c(N)ncnc32)cc1. The number of benzene rings is 1. The highest BCUT2D eigenvalue weighted by Crippen LogP contribution is 2.20. The number of rotatable bonds is 3. The predicted octanol–water partition coefficient (Wildman–Crippen LogP) is 1.73. The number of nitrogens with two attached hydrogens (primary N) is 1. The highest BCUT2D eigenvalue weighted by molar-refractivity contribution is 5.82. The molecule has 2 heterocycles. The van der Waals surface area contributed by atoms with E-state index in [4.69, 9.17) is 10.8 Å². The Bertz CT molecular complexity index is 827. The molecule has 8 nitrogen and oxygen atoms in total. The van der Waals surface area contributed by atoms with E-state index in [9.17, 15) is 4.79 Å². The lowest BCUT2D eigenvalue weighted by Gasteiger charge is -2.12. The Balaban J connectivity index is 1.95. The monoisotopic (exact) mass is 298 g/mol. The van der Waals surface area contributed by atoms with E-state index >= 15 is 0 Å². The second kappa shape index (κ2) is 5.32. The van der Waals surface area contributed by atoms with Crippen LogP contribution in [0.1, 0.15) is 18.5 Å². The largest absolute Gasteiger partial charge is 0.465 e. The van der Waals surface area contributed by atoms with E-state index in [0.29, 0.717) is 17.0 Å². The van der Waals surface area contributed by atoms with Crippen molar-refractivity contribution < 1.29 is 9.90 Å². The van der Waals surface area contributed by atoms with Crippen LogP contribution in [0.4, 0.5) is 10.6 Å². The molecule has 3 rings (SSSR count). The smallest absolute Gasteiger partial charge is 0.405 e. The zero-order chi connectivity index (χ0) is 15.7. The zero-order valence-corrected chi connectivity index (χ0v) is 11.8. The Labute approximate surface area is 125 Å². The van der Waals surface area contributed by atoms with Crippen molar-refractivity contribution in [2.24, 2.45) is 0 Å². The fourth-order valence-electron chi connectivity index (χ4n) is 2.23. The van der Waals surface area contributed by atoms with Crippen molar-refractivity contribution in [2.45, 2.75) is 13.0 Å². The Kier molecular flexibility index (Phi) is 3.34. The van der Waals surface area contributed by atoms with Crippen molar-refractivity contribution >= 4 is 23.1 Å². The van der Waals surface area contributed by atoms with E-state index in [1.54, 1.807) is 17.8 Å². The van der Waals surface area contributed by atoms with Gasteiger partial charge in [-0.2, -0.15) is 0 Å². The molecular formula is C14H14N6O2. The van der Waals surface area contributed by atoms with E-state index in [2.05, 4.69) is 20.3 Å². The van der Waals surface area contributed by atoms with Gasteiger partial charge >= 0.3 is 6.09 Å². The molecule has 1 atom stereocenters. The quantitative estimate of drug-likeness (QED) is 0.677. The second-order valence-corrected chi connectivity index (χ2v) is 4.81. The number of carboxylic acid groups (broad SMARTS) is 1. The number of hydrogen-bond donors (Lipinski definition) is 3. The summed E-state index contributed by atoms with van der Waals surface area (Å²) in [5.41, 5.74) is 8.66. The van der Waals surface area contributed by atoms with Gasteiger partial charge < -0.3 is 16.2 Å². The summed E-state index contributed by atoms with van der Waals surface area (Å²) in [5, 5.41) is 11.2. The van der Waals surface area contributed by atoms with Gasteiger partial charge in [0.05, 0.1) is 6.04 Å². The summed E-state index contributed by atoms with van der Waals surface area (Å²) in [4.78, 5) is 23.0. The molecular weight excluding hydrogens is 284 g/mol. The number of anilines is 1. The topological polar surface area (TPSA) is 119 Å². The molecule has 0 saturated heterocycles. The average Bonchev–Trinajstić information content (AvgIpc) is 2.92. The third kappa shape index (κ3) is 2.41. The Morgan fingerprint density at radius 1 is 1.27 bits per heavy atom. The number of nitrogens with one attached hydrogen (secondary N) is 1. The summed E-state index contributed by atoms with van der Waals surface area (Å²) in [6, 6.07) is 7.16. The van der Waals surface area contributed by atoms with Gasteiger partial charge in [-0.15, -0.1) is 0 Å². The number of imidazole rings is 1. The maximum absolute atomic E-state index is 10.7. The summed E-state index contributed by atoms with van der Waals surface area (Å²) in [6.45, 7) is 1.78. The van der Waals surface area contributed by atoms with Gasteiger partial charge in [-0.25, -0.2) is 19.7 Å². The van der Waals surface area contributed by atoms with E-state index in [-0.39, 0.29) is 6.04 Å². The van der Waals surface area contributed by atoms with Crippen molar-refractivity contribution in [3.63, 3.8) is 0 Å². The molecule has 0 aliphatic rings. The van der Waals surface area contributed by atoms with Gasteiger partial charge in [0, 0.05) is 5.69 Å². The van der Waals surface area contributed by atoms with Crippen molar-refractivity contribution in [3.8, 4) is 5.69 Å². The van der Waals surface area contributed by atoms with Gasteiger partial charge in [0.2, 0.25) is 0 Å². The number of carbonyl (C=O) groups is 1. The molecule has 0 fully saturated rings. The fourth-order valence-corrected chi connectivity index (χ4v) is 2.23. The molecule has 0 bridgehead atoms. The first kappa shape index (κ1) is 13.8. The highest BCUT2D eigenvalue weighted by atomic mass is 16.4. The van der Waals surface area contributed by atoms with Crippen LogP contribution in [0, 0.1) is 0 Å². The van der Waals surface area contributed by atoms with E-state index in [0.717, 1.165) is 11.3 Å². The minimum absolute atomic E-state index is 0.288. The van der Waals surface area contributed by atoms with Crippen LogP contribution < -0.4 is 11.1 Å². The van der Waals surface area contributed by atoms with Gasteiger partial charge in [0.25, 0.3) is 0 Å². The number of nitrogens with zero attached hydrogens (tertiary/aromatic N) is 4. The van der Waals surface area contributed by atoms with E-state index in [1.165, 1.54) is 6.33 Å². The van der Waals surface area contributed by atoms with Gasteiger partial charge in [-0.1, -0.05) is 12.1 Å². The second-order valence-electron chi connectivity index (χ2n) is 4.81. The van der Waals surface area contributed by atoms with Crippen LogP contribution in [0.5, 0.6) is 0 Å². The zero-order valence-electron chi connectivity index (χ0n) is 11.8. The standard InChI is InChI=1S/C14H14N6O2/c1-8(19-14(21)22)9-2-4-10(5-3-9)20-7-18-11-12(15)16-6-17-13(11)20/h2-8,19H,1H3,(H,21,22)(H2,15,16,17)/t8-/m0/s1. The Hall–Kier alpha value is -3.16. The molecule has 0 saturated carbocycles. The molecule has 4 N–H and O–H groups in total. The third-order valence-electron chi connectivity index (χ3n) is 3.37. The minimum atomic E-state index is -1.05.